The van der Waals surface area contributed by atoms with Crippen LogP contribution >= 0.6 is 11.6 Å². The third kappa shape index (κ3) is 6.18. The number of anilines is 1. The van der Waals surface area contributed by atoms with Crippen molar-refractivity contribution in [3.8, 4) is 0 Å². The lowest BCUT2D eigenvalue weighted by atomic mass is 10.2. The molecule has 0 radical (unpaired) electrons. The summed E-state index contributed by atoms with van der Waals surface area (Å²) in [6.45, 7) is 0.546. The van der Waals surface area contributed by atoms with Gasteiger partial charge in [0.2, 0.25) is 5.82 Å². The molecule has 0 aliphatic heterocycles. The number of esters is 1. The van der Waals surface area contributed by atoms with Gasteiger partial charge in [-0.2, -0.15) is 4.39 Å². The van der Waals surface area contributed by atoms with Crippen LogP contribution < -0.4 is 10.6 Å². The Morgan fingerprint density at radius 2 is 1.75 bits per heavy atom. The number of hydrogen-bond donors (Lipinski definition) is 2. The summed E-state index contributed by atoms with van der Waals surface area (Å²) in [6.07, 6.45) is -1.36. The Morgan fingerprint density at radius 1 is 1.09 bits per heavy atom. The van der Waals surface area contributed by atoms with Crippen LogP contribution in [0.15, 0.2) is 36.4 Å². The molecule has 0 aliphatic carbocycles. The first-order chi connectivity index (χ1) is 15.0. The van der Waals surface area contributed by atoms with Crippen LogP contribution in [-0.2, 0) is 14.3 Å². The molecule has 0 fully saturated rings. The van der Waals surface area contributed by atoms with Crippen LogP contribution in [0.5, 0.6) is 0 Å². The maximum absolute atomic E-state index is 13.3. The van der Waals surface area contributed by atoms with Gasteiger partial charge in [0.05, 0.1) is 9.85 Å². The molecule has 0 bridgehead atoms. The predicted molar refractivity (Wildman–Crippen MR) is 108 cm³/mol. The summed E-state index contributed by atoms with van der Waals surface area (Å²) in [5.74, 6) is -3.78. The van der Waals surface area contributed by atoms with Crippen LogP contribution in [0, 0.1) is 26.0 Å². The van der Waals surface area contributed by atoms with E-state index in [-0.39, 0.29) is 16.3 Å². The van der Waals surface area contributed by atoms with Crippen molar-refractivity contribution in [3.05, 3.63) is 73.0 Å². The lowest BCUT2D eigenvalue weighted by Crippen LogP contribution is -2.35. The van der Waals surface area contributed by atoms with Crippen LogP contribution in [0.25, 0.3) is 0 Å². The fraction of sp³-hybridized carbons (Fsp3) is 0.167. The van der Waals surface area contributed by atoms with Gasteiger partial charge in [-0.3, -0.25) is 34.6 Å². The fourth-order valence-electron chi connectivity index (χ4n) is 2.31. The van der Waals surface area contributed by atoms with Crippen molar-refractivity contribution >= 4 is 46.4 Å². The highest BCUT2D eigenvalue weighted by atomic mass is 35.5. The van der Waals surface area contributed by atoms with E-state index in [9.17, 15) is 39.0 Å². The number of halogens is 2. The Bertz CT molecular complexity index is 1110. The van der Waals surface area contributed by atoms with Crippen LogP contribution in [0.2, 0.25) is 5.02 Å². The number of nitro benzene ring substituents is 2. The number of amides is 2. The number of rotatable bonds is 8. The first-order valence-electron chi connectivity index (χ1n) is 8.66. The molecule has 1 atom stereocenters. The number of nitrogens with zero attached hydrogens (tertiary/aromatic N) is 2. The minimum atomic E-state index is -1.36. The summed E-state index contributed by atoms with van der Waals surface area (Å²) in [5, 5.41) is 25.9. The quantitative estimate of drug-likeness (QED) is 0.338. The van der Waals surface area contributed by atoms with Gasteiger partial charge in [-0.25, -0.2) is 0 Å². The van der Waals surface area contributed by atoms with E-state index in [0.717, 1.165) is 30.3 Å². The van der Waals surface area contributed by atoms with Crippen molar-refractivity contribution in [2.75, 3.05) is 11.9 Å². The lowest BCUT2D eigenvalue weighted by molar-refractivity contribution is -0.387. The van der Waals surface area contributed by atoms with E-state index in [0.29, 0.717) is 0 Å². The van der Waals surface area contributed by atoms with Crippen molar-refractivity contribution < 1.29 is 33.4 Å². The zero-order valence-electron chi connectivity index (χ0n) is 16.2. The molecular formula is C18H14ClFN4O8. The standard InChI is InChI=1S/C18H14ClFN4O8/c1-9(17(26)22-11-3-5-13(20)15(7-11)24(30)31)32-16(25)8-21-18(27)10-2-4-12(19)14(6-10)23(28)29/h2-7,9H,8H2,1H3,(H,21,27)(H,22,26). The number of hydrogen-bond acceptors (Lipinski definition) is 8. The first kappa shape index (κ1) is 24.1. The number of nitrogens with one attached hydrogen (secondary N) is 2. The van der Waals surface area contributed by atoms with Crippen LogP contribution in [0.4, 0.5) is 21.5 Å². The molecule has 2 rings (SSSR count). The Kier molecular flexibility index (Phi) is 7.74. The van der Waals surface area contributed by atoms with Gasteiger partial charge in [-0.15, -0.1) is 0 Å². The molecule has 1 unspecified atom stereocenters. The lowest BCUT2D eigenvalue weighted by Gasteiger charge is -2.14. The van der Waals surface area contributed by atoms with Gasteiger partial charge in [0.1, 0.15) is 11.6 Å². The van der Waals surface area contributed by atoms with Crippen LogP contribution in [0.3, 0.4) is 0 Å². The Hall–Kier alpha value is -4.13. The van der Waals surface area contributed by atoms with E-state index in [1.165, 1.54) is 13.0 Å². The third-order valence-electron chi connectivity index (χ3n) is 3.89. The number of carbonyl (C=O) groups is 3. The van der Waals surface area contributed by atoms with Crippen LogP contribution in [-0.4, -0.2) is 40.3 Å². The predicted octanol–water partition coefficient (Wildman–Crippen LogP) is 2.60. The normalized spacial score (nSPS) is 11.2. The molecule has 168 valence electrons. The van der Waals surface area contributed by atoms with E-state index in [1.807, 2.05) is 0 Å². The van der Waals surface area contributed by atoms with E-state index < -0.39 is 57.5 Å². The van der Waals surface area contributed by atoms with Crippen LogP contribution in [0.1, 0.15) is 17.3 Å². The summed E-state index contributed by atoms with van der Waals surface area (Å²) < 4.78 is 18.2. The van der Waals surface area contributed by atoms with E-state index in [2.05, 4.69) is 10.6 Å². The molecule has 12 nitrogen and oxygen atoms in total. The Balaban J connectivity index is 1.91. The molecule has 0 saturated heterocycles. The van der Waals surface area contributed by atoms with Crippen molar-refractivity contribution in [1.82, 2.24) is 5.32 Å². The number of nitro groups is 2. The van der Waals surface area contributed by atoms with Gasteiger partial charge in [-0.1, -0.05) is 11.6 Å². The van der Waals surface area contributed by atoms with Crippen molar-refractivity contribution in [1.29, 1.82) is 0 Å². The smallest absolute Gasteiger partial charge is 0.326 e. The van der Waals surface area contributed by atoms with Crippen molar-refractivity contribution in [2.24, 2.45) is 0 Å². The molecule has 2 aromatic carbocycles. The molecule has 0 saturated carbocycles. The largest absolute Gasteiger partial charge is 0.451 e. The average molecular weight is 469 g/mol. The van der Waals surface area contributed by atoms with E-state index in [4.69, 9.17) is 16.3 Å². The second kappa shape index (κ2) is 10.3. The molecule has 32 heavy (non-hydrogen) atoms. The SMILES string of the molecule is CC(OC(=O)CNC(=O)c1ccc(Cl)c([N+](=O)[O-])c1)C(=O)Nc1ccc(F)c([N+](=O)[O-])c1. The zero-order chi connectivity index (χ0) is 24.0. The zero-order valence-corrected chi connectivity index (χ0v) is 16.9. The van der Waals surface area contributed by atoms with Gasteiger partial charge in [0.15, 0.2) is 6.10 Å². The summed E-state index contributed by atoms with van der Waals surface area (Å²) in [7, 11) is 0. The Labute approximate surface area is 183 Å². The highest BCUT2D eigenvalue weighted by Gasteiger charge is 2.21. The van der Waals surface area contributed by atoms with Gasteiger partial charge >= 0.3 is 11.7 Å². The van der Waals surface area contributed by atoms with Gasteiger partial charge in [-0.05, 0) is 31.2 Å². The van der Waals surface area contributed by atoms with Crippen molar-refractivity contribution in [2.45, 2.75) is 13.0 Å². The molecule has 2 aromatic rings. The van der Waals surface area contributed by atoms with Gasteiger partial charge < -0.3 is 15.4 Å². The topological polar surface area (TPSA) is 171 Å². The molecule has 0 aromatic heterocycles. The summed E-state index contributed by atoms with van der Waals surface area (Å²) in [5.41, 5.74) is -1.56. The second-order valence-corrected chi connectivity index (χ2v) is 6.56. The maximum atomic E-state index is 13.3. The summed E-state index contributed by atoms with van der Waals surface area (Å²) in [4.78, 5) is 55.9. The molecular weight excluding hydrogens is 455 g/mol. The fourth-order valence-corrected chi connectivity index (χ4v) is 2.50. The van der Waals surface area contributed by atoms with Crippen molar-refractivity contribution in [3.63, 3.8) is 0 Å². The van der Waals surface area contributed by atoms with E-state index in [1.54, 1.807) is 0 Å². The Morgan fingerprint density at radius 3 is 2.38 bits per heavy atom. The van der Waals surface area contributed by atoms with E-state index >= 15 is 0 Å². The highest BCUT2D eigenvalue weighted by Crippen LogP contribution is 2.25. The molecule has 14 heteroatoms. The minimum Gasteiger partial charge on any atom is -0.451 e. The third-order valence-corrected chi connectivity index (χ3v) is 4.21. The monoisotopic (exact) mass is 468 g/mol. The first-order valence-corrected chi connectivity index (χ1v) is 9.03. The minimum absolute atomic E-state index is 0.0939. The highest BCUT2D eigenvalue weighted by molar-refractivity contribution is 6.32. The molecule has 2 amide bonds. The van der Waals surface area contributed by atoms with Gasteiger partial charge in [0, 0.05) is 23.4 Å². The second-order valence-electron chi connectivity index (χ2n) is 6.15. The summed E-state index contributed by atoms with van der Waals surface area (Å²) >= 11 is 5.66. The number of carbonyl (C=O) groups excluding carboxylic acids is 3. The van der Waals surface area contributed by atoms with Gasteiger partial charge in [0.25, 0.3) is 17.5 Å². The molecule has 0 spiro atoms. The molecule has 0 aliphatic rings. The molecule has 2 N–H and O–H groups in total. The molecule has 0 heterocycles. The number of benzene rings is 2. The maximum Gasteiger partial charge on any atom is 0.326 e. The summed E-state index contributed by atoms with van der Waals surface area (Å²) in [6, 6.07) is 5.97. The average Bonchev–Trinajstić information content (AvgIpc) is 2.73. The number of ether oxygens (including phenoxy) is 1.